The Balaban J connectivity index is 0.00000261. The molecule has 0 aromatic heterocycles. The first-order valence-corrected chi connectivity index (χ1v) is 8.98. The van der Waals surface area contributed by atoms with Gasteiger partial charge in [-0.2, -0.15) is 0 Å². The second kappa shape index (κ2) is 9.56. The average Bonchev–Trinajstić information content (AvgIpc) is 2.66. The van der Waals surface area contributed by atoms with Crippen LogP contribution >= 0.6 is 12.4 Å². The number of rotatable bonds is 6. The second-order valence-corrected chi connectivity index (χ2v) is 6.72. The van der Waals surface area contributed by atoms with Crippen molar-refractivity contribution in [2.75, 3.05) is 11.5 Å². The van der Waals surface area contributed by atoms with Gasteiger partial charge in [-0.05, 0) is 62.2 Å². The van der Waals surface area contributed by atoms with E-state index < -0.39 is 0 Å². The summed E-state index contributed by atoms with van der Waals surface area (Å²) in [6, 6.07) is 25.2. The molecule has 0 spiro atoms. The number of nitrogens with zero attached hydrogens (tertiary/aromatic N) is 1. The molecule has 0 aliphatic rings. The zero-order valence-corrected chi connectivity index (χ0v) is 16.6. The molecule has 0 radical (unpaired) electrons. The van der Waals surface area contributed by atoms with Crippen LogP contribution in [0.25, 0.3) is 0 Å². The molecule has 1 atom stereocenters. The molecule has 1 unspecified atom stereocenters. The molecule has 3 aromatic carbocycles. The molecule has 0 aliphatic heterocycles. The van der Waals surface area contributed by atoms with Gasteiger partial charge >= 0.3 is 0 Å². The zero-order valence-electron chi connectivity index (χ0n) is 15.8. The SMILES string of the molecule is Cc1ccc(N(c2ccc(C)cc2)c2ccc(C(N)CCO)cc2)cc1.Cl. The minimum atomic E-state index is -0.138. The van der Waals surface area contributed by atoms with E-state index >= 15 is 0 Å². The van der Waals surface area contributed by atoms with Crippen molar-refractivity contribution < 1.29 is 5.11 Å². The molecular weight excluding hydrogens is 356 g/mol. The van der Waals surface area contributed by atoms with E-state index in [1.807, 2.05) is 12.1 Å². The largest absolute Gasteiger partial charge is 0.396 e. The smallest absolute Gasteiger partial charge is 0.0461 e. The van der Waals surface area contributed by atoms with Gasteiger partial charge in [-0.3, -0.25) is 0 Å². The maximum atomic E-state index is 9.09. The van der Waals surface area contributed by atoms with Crippen LogP contribution < -0.4 is 10.6 Å². The number of aryl methyl sites for hydroxylation is 2. The van der Waals surface area contributed by atoms with Crippen LogP contribution in [-0.4, -0.2) is 11.7 Å². The maximum absolute atomic E-state index is 9.09. The fourth-order valence-corrected chi connectivity index (χ4v) is 3.01. The molecule has 3 nitrogen and oxygen atoms in total. The Labute approximate surface area is 167 Å². The first kappa shape index (κ1) is 21.0. The first-order valence-electron chi connectivity index (χ1n) is 8.98. The molecule has 0 heterocycles. The molecule has 0 amide bonds. The number of aliphatic hydroxyl groups excluding tert-OH is 1. The summed E-state index contributed by atoms with van der Waals surface area (Å²) in [7, 11) is 0. The lowest BCUT2D eigenvalue weighted by Gasteiger charge is -2.26. The van der Waals surface area contributed by atoms with Gasteiger partial charge < -0.3 is 15.7 Å². The van der Waals surface area contributed by atoms with E-state index in [0.717, 1.165) is 22.6 Å². The minimum Gasteiger partial charge on any atom is -0.396 e. The Morgan fingerprint density at radius 3 is 1.48 bits per heavy atom. The van der Waals surface area contributed by atoms with E-state index in [-0.39, 0.29) is 25.1 Å². The van der Waals surface area contributed by atoms with E-state index in [4.69, 9.17) is 10.8 Å². The van der Waals surface area contributed by atoms with Gasteiger partial charge in [0.1, 0.15) is 0 Å². The molecular formula is C23H27ClN2O. The molecule has 3 rings (SSSR count). The van der Waals surface area contributed by atoms with Gasteiger partial charge in [0.05, 0.1) is 0 Å². The first-order chi connectivity index (χ1) is 12.6. The minimum absolute atomic E-state index is 0. The average molecular weight is 383 g/mol. The Hall–Kier alpha value is -2.33. The summed E-state index contributed by atoms with van der Waals surface area (Å²) in [6.45, 7) is 4.29. The Kier molecular flexibility index (Phi) is 7.43. The summed E-state index contributed by atoms with van der Waals surface area (Å²) in [5.41, 5.74) is 12.9. The fraction of sp³-hybridized carbons (Fsp3) is 0.217. The zero-order chi connectivity index (χ0) is 18.5. The van der Waals surface area contributed by atoms with Gasteiger partial charge in [-0.1, -0.05) is 47.5 Å². The molecule has 0 fully saturated rings. The summed E-state index contributed by atoms with van der Waals surface area (Å²) < 4.78 is 0. The highest BCUT2D eigenvalue weighted by atomic mass is 35.5. The molecule has 27 heavy (non-hydrogen) atoms. The number of halogens is 1. The fourth-order valence-electron chi connectivity index (χ4n) is 3.01. The summed E-state index contributed by atoms with van der Waals surface area (Å²) >= 11 is 0. The molecule has 3 aromatic rings. The number of benzene rings is 3. The number of anilines is 3. The van der Waals surface area contributed by atoms with Gasteiger partial charge in [0.25, 0.3) is 0 Å². The van der Waals surface area contributed by atoms with Crippen molar-refractivity contribution in [1.82, 2.24) is 0 Å². The highest BCUT2D eigenvalue weighted by Crippen LogP contribution is 2.35. The van der Waals surface area contributed by atoms with E-state index in [2.05, 4.69) is 79.4 Å². The van der Waals surface area contributed by atoms with Crippen LogP contribution in [0.15, 0.2) is 72.8 Å². The lowest BCUT2D eigenvalue weighted by Crippen LogP contribution is -2.13. The Morgan fingerprint density at radius 2 is 1.11 bits per heavy atom. The lowest BCUT2D eigenvalue weighted by molar-refractivity contribution is 0.276. The van der Waals surface area contributed by atoms with Crippen molar-refractivity contribution in [3.8, 4) is 0 Å². The van der Waals surface area contributed by atoms with E-state index in [1.165, 1.54) is 11.1 Å². The standard InChI is InChI=1S/C23H26N2O.ClH/c1-17-3-9-20(10-4-17)25(21-11-5-18(2)6-12-21)22-13-7-19(8-14-22)23(24)15-16-26;/h3-14,23,26H,15-16,24H2,1-2H3;1H. The summed E-state index contributed by atoms with van der Waals surface area (Å²) in [5, 5.41) is 9.09. The van der Waals surface area contributed by atoms with Crippen molar-refractivity contribution >= 4 is 29.5 Å². The summed E-state index contributed by atoms with van der Waals surface area (Å²) in [5.74, 6) is 0. The Bertz CT molecular complexity index is 784. The molecule has 0 saturated carbocycles. The molecule has 4 heteroatoms. The third-order valence-corrected chi connectivity index (χ3v) is 4.60. The van der Waals surface area contributed by atoms with Gasteiger partial charge in [-0.15, -0.1) is 12.4 Å². The number of aliphatic hydroxyl groups is 1. The highest BCUT2D eigenvalue weighted by Gasteiger charge is 2.13. The van der Waals surface area contributed by atoms with Gasteiger partial charge in [-0.25, -0.2) is 0 Å². The number of hydrogen-bond acceptors (Lipinski definition) is 3. The molecule has 3 N–H and O–H groups in total. The van der Waals surface area contributed by atoms with Crippen LogP contribution in [0, 0.1) is 13.8 Å². The summed E-state index contributed by atoms with van der Waals surface area (Å²) in [6.07, 6.45) is 0.568. The molecule has 0 aliphatic carbocycles. The Morgan fingerprint density at radius 1 is 0.741 bits per heavy atom. The van der Waals surface area contributed by atoms with Crippen LogP contribution in [0.5, 0.6) is 0 Å². The number of hydrogen-bond donors (Lipinski definition) is 2. The van der Waals surface area contributed by atoms with Crippen LogP contribution in [0.3, 0.4) is 0 Å². The van der Waals surface area contributed by atoms with Gasteiger partial charge in [0.2, 0.25) is 0 Å². The maximum Gasteiger partial charge on any atom is 0.0461 e. The third-order valence-electron chi connectivity index (χ3n) is 4.60. The van der Waals surface area contributed by atoms with Crippen molar-refractivity contribution in [2.45, 2.75) is 26.3 Å². The van der Waals surface area contributed by atoms with Crippen LogP contribution in [0.2, 0.25) is 0 Å². The van der Waals surface area contributed by atoms with Crippen LogP contribution in [-0.2, 0) is 0 Å². The predicted octanol–water partition coefficient (Wildman–Crippen LogP) is 5.58. The van der Waals surface area contributed by atoms with Crippen molar-refractivity contribution in [3.63, 3.8) is 0 Å². The molecule has 0 saturated heterocycles. The predicted molar refractivity (Wildman–Crippen MR) is 116 cm³/mol. The monoisotopic (exact) mass is 382 g/mol. The summed E-state index contributed by atoms with van der Waals surface area (Å²) in [4.78, 5) is 2.24. The quantitative estimate of drug-likeness (QED) is 0.585. The van der Waals surface area contributed by atoms with Gasteiger partial charge in [0.15, 0.2) is 0 Å². The molecule has 142 valence electrons. The van der Waals surface area contributed by atoms with Crippen LogP contribution in [0.1, 0.15) is 29.2 Å². The second-order valence-electron chi connectivity index (χ2n) is 6.72. The number of nitrogens with two attached hydrogens (primary N) is 1. The van der Waals surface area contributed by atoms with Crippen LogP contribution in [0.4, 0.5) is 17.1 Å². The lowest BCUT2D eigenvalue weighted by atomic mass is 10.0. The van der Waals surface area contributed by atoms with Crippen molar-refractivity contribution in [3.05, 3.63) is 89.5 Å². The molecule has 0 bridgehead atoms. The van der Waals surface area contributed by atoms with Gasteiger partial charge in [0, 0.05) is 29.7 Å². The third kappa shape index (κ3) is 5.10. The van der Waals surface area contributed by atoms with Crippen molar-refractivity contribution in [1.29, 1.82) is 0 Å². The topological polar surface area (TPSA) is 49.5 Å². The van der Waals surface area contributed by atoms with E-state index in [1.54, 1.807) is 0 Å². The van der Waals surface area contributed by atoms with E-state index in [0.29, 0.717) is 6.42 Å². The van der Waals surface area contributed by atoms with Crippen molar-refractivity contribution in [2.24, 2.45) is 5.73 Å². The normalized spacial score (nSPS) is 11.6. The highest BCUT2D eigenvalue weighted by molar-refractivity contribution is 5.85. The van der Waals surface area contributed by atoms with E-state index in [9.17, 15) is 0 Å².